The molecule has 0 aromatic heterocycles. The first-order valence-electron chi connectivity index (χ1n) is 6.59. The number of nitrogens with one attached hydrogen (secondary N) is 3. The molecule has 3 N–H and O–H groups in total. The fourth-order valence-corrected chi connectivity index (χ4v) is 2.46. The molecule has 5 nitrogen and oxygen atoms in total. The van der Waals surface area contributed by atoms with E-state index < -0.39 is 0 Å². The van der Waals surface area contributed by atoms with Gasteiger partial charge in [-0.2, -0.15) is 0 Å². The van der Waals surface area contributed by atoms with Crippen LogP contribution >= 0.6 is 0 Å². The molecule has 1 saturated heterocycles. The Morgan fingerprint density at radius 3 is 2.74 bits per heavy atom. The lowest BCUT2D eigenvalue weighted by atomic mass is 10.1. The third-order valence-electron chi connectivity index (χ3n) is 3.67. The van der Waals surface area contributed by atoms with Gasteiger partial charge in [0.1, 0.15) is 6.04 Å². The van der Waals surface area contributed by atoms with E-state index in [-0.39, 0.29) is 30.4 Å². The minimum Gasteiger partial charge on any atom is -0.353 e. The van der Waals surface area contributed by atoms with Crippen molar-refractivity contribution >= 4 is 11.8 Å². The van der Waals surface area contributed by atoms with Crippen molar-refractivity contribution in [1.29, 1.82) is 0 Å². The molecule has 1 heterocycles. The van der Waals surface area contributed by atoms with Gasteiger partial charge in [0.05, 0.1) is 6.54 Å². The lowest BCUT2D eigenvalue weighted by molar-refractivity contribution is -0.126. The Kier molecular flexibility index (Phi) is 3.21. The molecule has 2 fully saturated rings. The smallest absolute Gasteiger partial charge is 0.239 e. The second-order valence-corrected chi connectivity index (χ2v) is 5.11. The maximum Gasteiger partial charge on any atom is 0.239 e. The van der Waals surface area contributed by atoms with Crippen molar-refractivity contribution in [3.8, 4) is 0 Å². The molecule has 1 aromatic carbocycles. The summed E-state index contributed by atoms with van der Waals surface area (Å²) in [5.74, 6) is 0.351. The number of benzene rings is 1. The number of hydrogen-bond acceptors (Lipinski definition) is 3. The quantitative estimate of drug-likeness (QED) is 0.701. The number of carbonyl (C=O) groups excluding carboxylic acids is 2. The van der Waals surface area contributed by atoms with Crippen molar-refractivity contribution in [2.75, 3.05) is 13.1 Å². The van der Waals surface area contributed by atoms with Gasteiger partial charge in [0.25, 0.3) is 0 Å². The summed E-state index contributed by atoms with van der Waals surface area (Å²) < 4.78 is 0. The molecule has 1 saturated carbocycles. The van der Waals surface area contributed by atoms with Gasteiger partial charge in [-0.3, -0.25) is 14.9 Å². The molecule has 3 unspecified atom stereocenters. The SMILES string of the molecule is O=C1CNC(C(=O)NC2CC2c2ccccc2)CN1. The first-order valence-corrected chi connectivity index (χ1v) is 6.59. The molecule has 0 spiro atoms. The molecule has 3 atom stereocenters. The summed E-state index contributed by atoms with van der Waals surface area (Å²) in [5, 5.41) is 8.65. The van der Waals surface area contributed by atoms with Crippen molar-refractivity contribution in [2.24, 2.45) is 0 Å². The molecule has 1 aliphatic heterocycles. The Labute approximate surface area is 111 Å². The van der Waals surface area contributed by atoms with Gasteiger partial charge < -0.3 is 10.6 Å². The molecule has 2 amide bonds. The standard InChI is InChI=1S/C14H17N3O2/c18-13-8-15-12(7-16-13)14(19)17-11-6-10(11)9-4-2-1-3-5-9/h1-5,10-12,15H,6-8H2,(H,16,18)(H,17,19). The second kappa shape index (κ2) is 5.01. The van der Waals surface area contributed by atoms with Crippen LogP contribution in [0.4, 0.5) is 0 Å². The van der Waals surface area contributed by atoms with Crippen LogP contribution in [0.15, 0.2) is 30.3 Å². The summed E-state index contributed by atoms with van der Waals surface area (Å²) in [5.41, 5.74) is 1.28. The van der Waals surface area contributed by atoms with E-state index >= 15 is 0 Å². The fraction of sp³-hybridized carbons (Fsp3) is 0.429. The minimum absolute atomic E-state index is 0.0246. The van der Waals surface area contributed by atoms with Gasteiger partial charge >= 0.3 is 0 Å². The molecule has 1 aliphatic carbocycles. The number of piperazine rings is 1. The number of carbonyl (C=O) groups is 2. The van der Waals surface area contributed by atoms with Gasteiger partial charge in [-0.15, -0.1) is 0 Å². The van der Waals surface area contributed by atoms with E-state index in [1.54, 1.807) is 0 Å². The lowest BCUT2D eigenvalue weighted by Crippen LogP contribution is -2.58. The Bertz CT molecular complexity index is 479. The fourth-order valence-electron chi connectivity index (χ4n) is 2.46. The van der Waals surface area contributed by atoms with E-state index in [0.717, 1.165) is 6.42 Å². The summed E-state index contributed by atoms with van der Waals surface area (Å²) in [6.07, 6.45) is 0.995. The largest absolute Gasteiger partial charge is 0.353 e. The summed E-state index contributed by atoms with van der Waals surface area (Å²) >= 11 is 0. The monoisotopic (exact) mass is 259 g/mol. The third-order valence-corrected chi connectivity index (χ3v) is 3.67. The van der Waals surface area contributed by atoms with Crippen LogP contribution in [0.3, 0.4) is 0 Å². The van der Waals surface area contributed by atoms with Crippen molar-refractivity contribution in [2.45, 2.75) is 24.4 Å². The van der Waals surface area contributed by atoms with Crippen LogP contribution in [0.25, 0.3) is 0 Å². The highest BCUT2D eigenvalue weighted by Crippen LogP contribution is 2.40. The van der Waals surface area contributed by atoms with Crippen LogP contribution in [0.1, 0.15) is 17.9 Å². The van der Waals surface area contributed by atoms with E-state index in [0.29, 0.717) is 12.5 Å². The molecule has 0 radical (unpaired) electrons. The number of hydrogen-bond donors (Lipinski definition) is 3. The predicted octanol–water partition coefficient (Wildman–Crippen LogP) is -0.253. The first kappa shape index (κ1) is 12.2. The molecule has 5 heteroatoms. The van der Waals surface area contributed by atoms with Crippen LogP contribution in [0, 0.1) is 0 Å². The van der Waals surface area contributed by atoms with E-state index in [9.17, 15) is 9.59 Å². The van der Waals surface area contributed by atoms with Crippen LogP contribution in [0.5, 0.6) is 0 Å². The number of amides is 2. The summed E-state index contributed by atoms with van der Waals surface area (Å²) in [6.45, 7) is 0.582. The maximum atomic E-state index is 12.0. The topological polar surface area (TPSA) is 70.2 Å². The van der Waals surface area contributed by atoms with Gasteiger partial charge in [-0.05, 0) is 12.0 Å². The number of rotatable bonds is 3. The molecule has 2 aliphatic rings. The second-order valence-electron chi connectivity index (χ2n) is 5.11. The molecular weight excluding hydrogens is 242 g/mol. The van der Waals surface area contributed by atoms with Crippen LogP contribution in [-0.4, -0.2) is 37.0 Å². The Balaban J connectivity index is 1.51. The average molecular weight is 259 g/mol. The van der Waals surface area contributed by atoms with Crippen molar-refractivity contribution < 1.29 is 9.59 Å². The van der Waals surface area contributed by atoms with E-state index in [4.69, 9.17) is 0 Å². The molecule has 19 heavy (non-hydrogen) atoms. The molecule has 100 valence electrons. The van der Waals surface area contributed by atoms with Gasteiger partial charge in [0.2, 0.25) is 11.8 Å². The zero-order valence-electron chi connectivity index (χ0n) is 10.6. The summed E-state index contributed by atoms with van der Waals surface area (Å²) in [4.78, 5) is 23.0. The Morgan fingerprint density at radius 2 is 2.05 bits per heavy atom. The van der Waals surface area contributed by atoms with E-state index in [2.05, 4.69) is 28.1 Å². The van der Waals surface area contributed by atoms with Gasteiger partial charge in [0, 0.05) is 18.5 Å². The summed E-state index contributed by atoms with van der Waals surface area (Å²) in [6, 6.07) is 10.1. The first-order chi connectivity index (χ1) is 9.24. The van der Waals surface area contributed by atoms with Crippen molar-refractivity contribution in [3.05, 3.63) is 35.9 Å². The van der Waals surface area contributed by atoms with Crippen LogP contribution < -0.4 is 16.0 Å². The lowest BCUT2D eigenvalue weighted by Gasteiger charge is -2.23. The maximum absolute atomic E-state index is 12.0. The highest BCUT2D eigenvalue weighted by atomic mass is 16.2. The minimum atomic E-state index is -0.310. The highest BCUT2D eigenvalue weighted by Gasteiger charge is 2.40. The Morgan fingerprint density at radius 1 is 1.26 bits per heavy atom. The van der Waals surface area contributed by atoms with Crippen LogP contribution in [-0.2, 0) is 9.59 Å². The average Bonchev–Trinajstić information content (AvgIpc) is 3.20. The van der Waals surface area contributed by atoms with Gasteiger partial charge in [-0.25, -0.2) is 0 Å². The van der Waals surface area contributed by atoms with Crippen molar-refractivity contribution in [3.63, 3.8) is 0 Å². The molecule has 1 aromatic rings. The zero-order chi connectivity index (χ0) is 13.2. The molecule has 3 rings (SSSR count). The molecule has 0 bridgehead atoms. The zero-order valence-corrected chi connectivity index (χ0v) is 10.6. The normalized spacial score (nSPS) is 29.5. The van der Waals surface area contributed by atoms with Gasteiger partial charge in [0.15, 0.2) is 0 Å². The highest BCUT2D eigenvalue weighted by molar-refractivity contribution is 5.87. The van der Waals surface area contributed by atoms with Crippen molar-refractivity contribution in [1.82, 2.24) is 16.0 Å². The Hall–Kier alpha value is -1.88. The third kappa shape index (κ3) is 2.76. The predicted molar refractivity (Wildman–Crippen MR) is 70.5 cm³/mol. The van der Waals surface area contributed by atoms with Gasteiger partial charge in [-0.1, -0.05) is 30.3 Å². The molecular formula is C14H17N3O2. The summed E-state index contributed by atoms with van der Waals surface area (Å²) in [7, 11) is 0. The van der Waals surface area contributed by atoms with E-state index in [1.807, 2.05) is 18.2 Å². The van der Waals surface area contributed by atoms with Crippen LogP contribution in [0.2, 0.25) is 0 Å². The van der Waals surface area contributed by atoms with E-state index in [1.165, 1.54) is 5.56 Å².